The first-order chi connectivity index (χ1) is 7.36. The summed E-state index contributed by atoms with van der Waals surface area (Å²) in [6, 6.07) is 0. The van der Waals surface area contributed by atoms with Gasteiger partial charge in [0.1, 0.15) is 0 Å². The summed E-state index contributed by atoms with van der Waals surface area (Å²) >= 11 is 0. The van der Waals surface area contributed by atoms with Crippen LogP contribution in [0.25, 0.3) is 0 Å². The Morgan fingerprint density at radius 3 is 2.50 bits per heavy atom. The Hall–Kier alpha value is -0.290. The molecule has 1 aliphatic carbocycles. The van der Waals surface area contributed by atoms with Crippen molar-refractivity contribution in [1.82, 2.24) is 0 Å². The number of rotatable bonds is 3. The zero-order valence-electron chi connectivity index (χ0n) is 9.50. The van der Waals surface area contributed by atoms with Gasteiger partial charge in [-0.3, -0.25) is 0 Å². The Morgan fingerprint density at radius 1 is 1.38 bits per heavy atom. The molecule has 4 atom stereocenters. The van der Waals surface area contributed by atoms with Gasteiger partial charge in [0.2, 0.25) is 0 Å². The maximum absolute atomic E-state index is 12.6. The molecule has 0 bridgehead atoms. The lowest BCUT2D eigenvalue weighted by molar-refractivity contribution is -0.189. The van der Waals surface area contributed by atoms with Crippen molar-refractivity contribution >= 4 is 0 Å². The topological polar surface area (TPSA) is 46.2 Å². The van der Waals surface area contributed by atoms with E-state index >= 15 is 0 Å². The fourth-order valence-electron chi connectivity index (χ4n) is 2.44. The second kappa shape index (κ2) is 5.36. The molecule has 96 valence electrons. The molecule has 0 heterocycles. The molecule has 0 amide bonds. The van der Waals surface area contributed by atoms with E-state index in [1.54, 1.807) is 6.92 Å². The molecular weight excluding hydrogens is 219 g/mol. The van der Waals surface area contributed by atoms with Crippen molar-refractivity contribution in [3.63, 3.8) is 0 Å². The lowest BCUT2D eigenvalue weighted by Crippen LogP contribution is -2.38. The van der Waals surface area contributed by atoms with Gasteiger partial charge in [0.25, 0.3) is 0 Å². The van der Waals surface area contributed by atoms with Gasteiger partial charge in [0, 0.05) is 0 Å². The quantitative estimate of drug-likeness (QED) is 0.794. The van der Waals surface area contributed by atoms with E-state index in [2.05, 4.69) is 0 Å². The minimum absolute atomic E-state index is 0.0506. The lowest BCUT2D eigenvalue weighted by atomic mass is 9.75. The Labute approximate surface area is 94.0 Å². The summed E-state index contributed by atoms with van der Waals surface area (Å²) in [5, 5.41) is 9.88. The van der Waals surface area contributed by atoms with Crippen LogP contribution < -0.4 is 5.73 Å². The molecule has 1 fully saturated rings. The average molecular weight is 239 g/mol. The predicted octanol–water partition coefficient (Wildman–Crippen LogP) is 2.31. The van der Waals surface area contributed by atoms with Gasteiger partial charge in [-0.05, 0) is 37.6 Å². The fraction of sp³-hybridized carbons (Fsp3) is 1.00. The first kappa shape index (κ1) is 13.8. The standard InChI is InChI=1S/C11H20F3NO/c1-7(6-15)10(16)8-3-2-4-9(5-8)11(12,13)14/h7-10,16H,2-6,15H2,1H3. The first-order valence-electron chi connectivity index (χ1n) is 5.81. The van der Waals surface area contributed by atoms with Gasteiger partial charge < -0.3 is 10.8 Å². The highest BCUT2D eigenvalue weighted by Gasteiger charge is 2.43. The van der Waals surface area contributed by atoms with Gasteiger partial charge in [-0.1, -0.05) is 13.3 Å². The highest BCUT2D eigenvalue weighted by atomic mass is 19.4. The van der Waals surface area contributed by atoms with E-state index in [-0.39, 0.29) is 24.7 Å². The molecule has 3 N–H and O–H groups in total. The van der Waals surface area contributed by atoms with Crippen LogP contribution in [0.15, 0.2) is 0 Å². The van der Waals surface area contributed by atoms with Crippen molar-refractivity contribution in [2.24, 2.45) is 23.5 Å². The molecule has 0 radical (unpaired) electrons. The van der Waals surface area contributed by atoms with Gasteiger partial charge in [-0.15, -0.1) is 0 Å². The molecule has 1 aliphatic rings. The molecule has 0 spiro atoms. The van der Waals surface area contributed by atoms with Crippen LogP contribution in [-0.2, 0) is 0 Å². The SMILES string of the molecule is CC(CN)C(O)C1CCCC(C(F)(F)F)C1. The molecule has 0 aliphatic heterocycles. The molecule has 2 nitrogen and oxygen atoms in total. The molecular formula is C11H20F3NO. The van der Waals surface area contributed by atoms with Crippen molar-refractivity contribution in [3.05, 3.63) is 0 Å². The fourth-order valence-corrected chi connectivity index (χ4v) is 2.44. The third-order valence-electron chi connectivity index (χ3n) is 3.62. The van der Waals surface area contributed by atoms with Crippen LogP contribution in [0.5, 0.6) is 0 Å². The zero-order valence-corrected chi connectivity index (χ0v) is 9.50. The number of hydrogen-bond donors (Lipinski definition) is 2. The molecule has 0 aromatic heterocycles. The van der Waals surface area contributed by atoms with Crippen molar-refractivity contribution < 1.29 is 18.3 Å². The smallest absolute Gasteiger partial charge is 0.391 e. The number of halogens is 3. The number of nitrogens with two attached hydrogens (primary N) is 1. The van der Waals surface area contributed by atoms with Crippen LogP contribution in [0.3, 0.4) is 0 Å². The number of aliphatic hydroxyl groups is 1. The van der Waals surface area contributed by atoms with E-state index in [0.29, 0.717) is 19.4 Å². The van der Waals surface area contributed by atoms with Crippen molar-refractivity contribution in [3.8, 4) is 0 Å². The van der Waals surface area contributed by atoms with Crippen LogP contribution in [0.4, 0.5) is 13.2 Å². The first-order valence-corrected chi connectivity index (χ1v) is 5.81. The largest absolute Gasteiger partial charge is 0.393 e. The number of hydrogen-bond acceptors (Lipinski definition) is 2. The van der Waals surface area contributed by atoms with Gasteiger partial charge in [0.15, 0.2) is 0 Å². The average Bonchev–Trinajstić information content (AvgIpc) is 2.26. The monoisotopic (exact) mass is 239 g/mol. The Kier molecular flexibility index (Phi) is 4.62. The zero-order chi connectivity index (χ0) is 12.3. The van der Waals surface area contributed by atoms with Gasteiger partial charge in [0.05, 0.1) is 12.0 Å². The van der Waals surface area contributed by atoms with E-state index in [4.69, 9.17) is 5.73 Å². The summed E-state index contributed by atoms with van der Waals surface area (Å²) in [5.41, 5.74) is 5.42. The normalized spacial score (nSPS) is 31.1. The summed E-state index contributed by atoms with van der Waals surface area (Å²) in [6.07, 6.45) is -3.35. The minimum atomic E-state index is -4.12. The van der Waals surface area contributed by atoms with Crippen LogP contribution in [0, 0.1) is 17.8 Å². The summed E-state index contributed by atoms with van der Waals surface area (Å²) in [5.74, 6) is -1.62. The molecule has 0 aromatic rings. The van der Waals surface area contributed by atoms with E-state index in [0.717, 1.165) is 0 Å². The van der Waals surface area contributed by atoms with Crippen LogP contribution >= 0.6 is 0 Å². The second-order valence-electron chi connectivity index (χ2n) is 4.87. The summed E-state index contributed by atoms with van der Waals surface area (Å²) in [4.78, 5) is 0. The number of alkyl halides is 3. The summed E-state index contributed by atoms with van der Waals surface area (Å²) in [7, 11) is 0. The molecule has 1 saturated carbocycles. The van der Waals surface area contributed by atoms with E-state index in [1.807, 2.05) is 0 Å². The van der Waals surface area contributed by atoms with Gasteiger partial charge in [-0.25, -0.2) is 0 Å². The molecule has 5 heteroatoms. The highest BCUT2D eigenvalue weighted by molar-refractivity contribution is 4.83. The van der Waals surface area contributed by atoms with E-state index < -0.39 is 18.2 Å². The Morgan fingerprint density at radius 2 is 2.00 bits per heavy atom. The summed E-state index contributed by atoms with van der Waals surface area (Å²) in [6.45, 7) is 2.09. The lowest BCUT2D eigenvalue weighted by Gasteiger charge is -2.35. The third-order valence-corrected chi connectivity index (χ3v) is 3.62. The maximum atomic E-state index is 12.6. The third kappa shape index (κ3) is 3.35. The van der Waals surface area contributed by atoms with Crippen molar-refractivity contribution in [2.75, 3.05) is 6.54 Å². The van der Waals surface area contributed by atoms with Gasteiger partial charge in [-0.2, -0.15) is 13.2 Å². The molecule has 0 saturated heterocycles. The van der Waals surface area contributed by atoms with E-state index in [1.165, 1.54) is 0 Å². The van der Waals surface area contributed by atoms with E-state index in [9.17, 15) is 18.3 Å². The van der Waals surface area contributed by atoms with Crippen molar-refractivity contribution in [1.29, 1.82) is 0 Å². The Balaban J connectivity index is 2.57. The molecule has 0 aromatic carbocycles. The van der Waals surface area contributed by atoms with Crippen LogP contribution in [0.1, 0.15) is 32.6 Å². The van der Waals surface area contributed by atoms with Crippen LogP contribution in [-0.4, -0.2) is 23.9 Å². The minimum Gasteiger partial charge on any atom is -0.393 e. The maximum Gasteiger partial charge on any atom is 0.391 e. The number of aliphatic hydroxyl groups excluding tert-OH is 1. The van der Waals surface area contributed by atoms with Gasteiger partial charge >= 0.3 is 6.18 Å². The van der Waals surface area contributed by atoms with Crippen molar-refractivity contribution in [2.45, 2.75) is 44.9 Å². The summed E-state index contributed by atoms with van der Waals surface area (Å²) < 4.78 is 37.7. The Bertz CT molecular complexity index is 220. The molecule has 1 rings (SSSR count). The highest BCUT2D eigenvalue weighted by Crippen LogP contribution is 2.41. The molecule has 4 unspecified atom stereocenters. The molecule has 16 heavy (non-hydrogen) atoms. The second-order valence-corrected chi connectivity index (χ2v) is 4.87. The predicted molar refractivity (Wildman–Crippen MR) is 55.7 cm³/mol. The van der Waals surface area contributed by atoms with Crippen LogP contribution in [0.2, 0.25) is 0 Å².